The van der Waals surface area contributed by atoms with E-state index in [1.807, 2.05) is 18.2 Å². The van der Waals surface area contributed by atoms with Crippen LogP contribution in [0.4, 0.5) is 0 Å². The number of nitrogens with zero attached hydrogens (tertiary/aromatic N) is 3. The van der Waals surface area contributed by atoms with Gasteiger partial charge in [-0.2, -0.15) is 4.31 Å². The van der Waals surface area contributed by atoms with Crippen molar-refractivity contribution < 1.29 is 27.5 Å². The third-order valence-electron chi connectivity index (χ3n) is 5.71. The van der Waals surface area contributed by atoms with Crippen LogP contribution >= 0.6 is 0 Å². The summed E-state index contributed by atoms with van der Waals surface area (Å²) in [6, 6.07) is 5.00. The molecule has 0 saturated carbocycles. The number of likely N-dealkylation sites (tertiary alicyclic amines) is 1. The Morgan fingerprint density at radius 3 is 2.59 bits per heavy atom. The van der Waals surface area contributed by atoms with Crippen molar-refractivity contribution in [3.05, 3.63) is 23.8 Å². The van der Waals surface area contributed by atoms with Gasteiger partial charge in [0.1, 0.15) is 6.04 Å². The number of fused-ring (bicyclic) bond motifs is 1. The van der Waals surface area contributed by atoms with Crippen molar-refractivity contribution >= 4 is 21.8 Å². The molecule has 0 N–H and O–H groups in total. The molecule has 0 bridgehead atoms. The second kappa shape index (κ2) is 7.83. The molecule has 158 valence electrons. The van der Waals surface area contributed by atoms with Gasteiger partial charge in [-0.1, -0.05) is 6.07 Å². The van der Waals surface area contributed by atoms with Crippen molar-refractivity contribution in [2.24, 2.45) is 0 Å². The summed E-state index contributed by atoms with van der Waals surface area (Å²) in [5.74, 6) is 1.22. The SMILES string of the molecule is CCS(=O)(=O)N1CCN(C(=O)[C@H]2CCC(=O)N2Cc2ccc3c(c2)OCO3)CC1. The van der Waals surface area contributed by atoms with Crippen LogP contribution < -0.4 is 9.47 Å². The molecule has 3 aliphatic heterocycles. The Morgan fingerprint density at radius 2 is 1.86 bits per heavy atom. The van der Waals surface area contributed by atoms with Crippen LogP contribution in [0.15, 0.2) is 18.2 Å². The normalized spacial score (nSPS) is 22.4. The number of amides is 2. The van der Waals surface area contributed by atoms with Gasteiger partial charge in [0.2, 0.25) is 28.6 Å². The van der Waals surface area contributed by atoms with Gasteiger partial charge in [-0.05, 0) is 31.0 Å². The molecular weight excluding hydrogens is 398 g/mol. The molecule has 9 nitrogen and oxygen atoms in total. The number of carbonyl (C=O) groups excluding carboxylic acids is 2. The lowest BCUT2D eigenvalue weighted by Crippen LogP contribution is -2.55. The number of ether oxygens (including phenoxy) is 2. The number of hydrogen-bond donors (Lipinski definition) is 0. The molecule has 3 aliphatic rings. The fourth-order valence-corrected chi connectivity index (χ4v) is 5.09. The Kier molecular flexibility index (Phi) is 5.39. The first-order valence-electron chi connectivity index (χ1n) is 9.83. The minimum atomic E-state index is -3.25. The number of rotatable bonds is 5. The highest BCUT2D eigenvalue weighted by Gasteiger charge is 2.39. The zero-order valence-electron chi connectivity index (χ0n) is 16.4. The highest BCUT2D eigenvalue weighted by Crippen LogP contribution is 2.33. The number of carbonyl (C=O) groups is 2. The molecule has 1 aromatic carbocycles. The molecule has 2 fully saturated rings. The molecule has 0 unspecified atom stereocenters. The molecule has 10 heteroatoms. The summed E-state index contributed by atoms with van der Waals surface area (Å²) in [6.45, 7) is 3.42. The van der Waals surface area contributed by atoms with Gasteiger partial charge in [-0.3, -0.25) is 9.59 Å². The predicted molar refractivity (Wildman–Crippen MR) is 104 cm³/mol. The standard InChI is InChI=1S/C19H25N3O6S/c1-2-29(25,26)21-9-7-20(8-10-21)19(24)15-4-6-18(23)22(15)12-14-3-5-16-17(11-14)28-13-27-16/h3,5,11,15H,2,4,6-10,12-13H2,1H3/t15-/m1/s1. The van der Waals surface area contributed by atoms with Crippen molar-refractivity contribution in [2.45, 2.75) is 32.4 Å². The number of hydrogen-bond acceptors (Lipinski definition) is 6. The van der Waals surface area contributed by atoms with Gasteiger partial charge >= 0.3 is 0 Å². The van der Waals surface area contributed by atoms with E-state index < -0.39 is 16.1 Å². The first-order chi connectivity index (χ1) is 13.9. The van der Waals surface area contributed by atoms with Crippen molar-refractivity contribution in [3.8, 4) is 11.5 Å². The average Bonchev–Trinajstić information content (AvgIpc) is 3.34. The van der Waals surface area contributed by atoms with Crippen LogP contribution in [0.3, 0.4) is 0 Å². The summed E-state index contributed by atoms with van der Waals surface area (Å²) in [5, 5.41) is 0. The minimum Gasteiger partial charge on any atom is -0.454 e. The van der Waals surface area contributed by atoms with E-state index in [-0.39, 0.29) is 24.4 Å². The lowest BCUT2D eigenvalue weighted by molar-refractivity contribution is -0.142. The zero-order chi connectivity index (χ0) is 20.6. The highest BCUT2D eigenvalue weighted by molar-refractivity contribution is 7.89. The van der Waals surface area contributed by atoms with E-state index in [4.69, 9.17) is 9.47 Å². The maximum absolute atomic E-state index is 13.1. The first-order valence-corrected chi connectivity index (χ1v) is 11.4. The second-order valence-corrected chi connectivity index (χ2v) is 9.65. The van der Waals surface area contributed by atoms with E-state index in [1.165, 1.54) is 4.31 Å². The Hall–Kier alpha value is -2.33. The number of piperazine rings is 1. The molecular formula is C19H25N3O6S. The van der Waals surface area contributed by atoms with Gasteiger partial charge in [-0.25, -0.2) is 8.42 Å². The van der Waals surface area contributed by atoms with Crippen LogP contribution in [-0.4, -0.2) is 79.1 Å². The molecule has 2 saturated heterocycles. The zero-order valence-corrected chi connectivity index (χ0v) is 17.2. The van der Waals surface area contributed by atoms with Crippen molar-refractivity contribution in [3.63, 3.8) is 0 Å². The number of sulfonamides is 1. The van der Waals surface area contributed by atoms with Crippen LogP contribution in [0.25, 0.3) is 0 Å². The molecule has 29 heavy (non-hydrogen) atoms. The van der Waals surface area contributed by atoms with Gasteiger partial charge in [0.15, 0.2) is 11.5 Å². The van der Waals surface area contributed by atoms with Gasteiger partial charge in [0.25, 0.3) is 0 Å². The first kappa shape index (κ1) is 20.0. The highest BCUT2D eigenvalue weighted by atomic mass is 32.2. The van der Waals surface area contributed by atoms with Crippen LogP contribution in [0.1, 0.15) is 25.3 Å². The average molecular weight is 423 g/mol. The van der Waals surface area contributed by atoms with Crippen molar-refractivity contribution in [2.75, 3.05) is 38.7 Å². The summed E-state index contributed by atoms with van der Waals surface area (Å²) in [4.78, 5) is 28.8. The summed E-state index contributed by atoms with van der Waals surface area (Å²) >= 11 is 0. The van der Waals surface area contributed by atoms with Crippen LogP contribution in [0.2, 0.25) is 0 Å². The summed E-state index contributed by atoms with van der Waals surface area (Å²) < 4.78 is 36.2. The molecule has 1 atom stereocenters. The van der Waals surface area contributed by atoms with E-state index in [0.717, 1.165) is 5.56 Å². The van der Waals surface area contributed by atoms with Crippen LogP contribution in [0.5, 0.6) is 11.5 Å². The topological polar surface area (TPSA) is 96.5 Å². The molecule has 4 rings (SSSR count). The largest absolute Gasteiger partial charge is 0.454 e. The molecule has 0 aromatic heterocycles. The Bertz CT molecular complexity index is 911. The van der Waals surface area contributed by atoms with E-state index in [9.17, 15) is 18.0 Å². The molecule has 2 amide bonds. The summed E-state index contributed by atoms with van der Waals surface area (Å²) in [7, 11) is -3.25. The maximum atomic E-state index is 13.1. The quantitative estimate of drug-likeness (QED) is 0.680. The van der Waals surface area contributed by atoms with Gasteiger partial charge < -0.3 is 19.3 Å². The Morgan fingerprint density at radius 1 is 1.14 bits per heavy atom. The summed E-state index contributed by atoms with van der Waals surface area (Å²) in [5.41, 5.74) is 0.876. The molecule has 0 aliphatic carbocycles. The third kappa shape index (κ3) is 3.91. The third-order valence-corrected chi connectivity index (χ3v) is 7.59. The second-order valence-electron chi connectivity index (χ2n) is 7.39. The molecule has 1 aromatic rings. The van der Waals surface area contributed by atoms with E-state index >= 15 is 0 Å². The Balaban J connectivity index is 1.42. The minimum absolute atomic E-state index is 0.0480. The van der Waals surface area contributed by atoms with Gasteiger partial charge in [-0.15, -0.1) is 0 Å². The summed E-state index contributed by atoms with van der Waals surface area (Å²) in [6.07, 6.45) is 0.820. The van der Waals surface area contributed by atoms with Crippen LogP contribution in [-0.2, 0) is 26.2 Å². The lowest BCUT2D eigenvalue weighted by atomic mass is 10.1. The predicted octanol–water partition coefficient (Wildman–Crippen LogP) is 0.400. The maximum Gasteiger partial charge on any atom is 0.245 e. The van der Waals surface area contributed by atoms with Gasteiger partial charge in [0.05, 0.1) is 5.75 Å². The molecule has 0 radical (unpaired) electrons. The number of benzene rings is 1. The van der Waals surface area contributed by atoms with E-state index in [1.54, 1.807) is 16.7 Å². The smallest absolute Gasteiger partial charge is 0.245 e. The van der Waals surface area contributed by atoms with Crippen LogP contribution in [0, 0.1) is 0 Å². The fourth-order valence-electron chi connectivity index (χ4n) is 4.00. The Labute approximate surface area is 170 Å². The lowest BCUT2D eigenvalue weighted by Gasteiger charge is -2.36. The van der Waals surface area contributed by atoms with E-state index in [0.29, 0.717) is 57.1 Å². The van der Waals surface area contributed by atoms with E-state index in [2.05, 4.69) is 0 Å². The molecule has 0 spiro atoms. The molecule has 3 heterocycles. The van der Waals surface area contributed by atoms with Crippen molar-refractivity contribution in [1.82, 2.24) is 14.1 Å². The fraction of sp³-hybridized carbons (Fsp3) is 0.579. The van der Waals surface area contributed by atoms with Gasteiger partial charge in [0, 0.05) is 39.1 Å². The monoisotopic (exact) mass is 423 g/mol. The van der Waals surface area contributed by atoms with Crippen molar-refractivity contribution in [1.29, 1.82) is 0 Å².